The van der Waals surface area contributed by atoms with Gasteiger partial charge < -0.3 is 23.9 Å². The van der Waals surface area contributed by atoms with Crippen molar-refractivity contribution in [2.24, 2.45) is 0 Å². The lowest BCUT2D eigenvalue weighted by Crippen LogP contribution is -2.43. The maximum absolute atomic E-state index is 12.1. The molecule has 1 aromatic heterocycles. The standard InChI is InChI=1S/C17H25N3O4Si/c1-22-25(23-2,24-3)12-6-10-18-13-16(21)20-15-9-4-7-14-8-5-11-19-17(14)15/h4-5,7-9,11,18H,6,10,12-13H2,1-3H3,(H,20,21). The second kappa shape index (κ2) is 9.59. The maximum Gasteiger partial charge on any atom is 0.500 e. The summed E-state index contributed by atoms with van der Waals surface area (Å²) in [4.78, 5) is 16.4. The number of carbonyl (C=O) groups is 1. The van der Waals surface area contributed by atoms with Crippen LogP contribution in [0, 0.1) is 0 Å². The van der Waals surface area contributed by atoms with Crippen molar-refractivity contribution in [1.82, 2.24) is 10.3 Å². The monoisotopic (exact) mass is 363 g/mol. The Labute approximate surface area is 149 Å². The Bertz CT molecular complexity index is 681. The fourth-order valence-corrected chi connectivity index (χ4v) is 4.31. The first kappa shape index (κ1) is 19.5. The van der Waals surface area contributed by atoms with Gasteiger partial charge in [0.2, 0.25) is 5.91 Å². The van der Waals surface area contributed by atoms with Gasteiger partial charge in [-0.05, 0) is 25.1 Å². The Hall–Kier alpha value is -1.84. The number of benzene rings is 1. The van der Waals surface area contributed by atoms with Gasteiger partial charge in [-0.2, -0.15) is 0 Å². The van der Waals surface area contributed by atoms with E-state index < -0.39 is 8.80 Å². The molecule has 0 aliphatic carbocycles. The zero-order valence-corrected chi connectivity index (χ0v) is 15.9. The van der Waals surface area contributed by atoms with Crippen molar-refractivity contribution in [3.8, 4) is 0 Å². The third-order valence-electron chi connectivity index (χ3n) is 3.96. The lowest BCUT2D eigenvalue weighted by Gasteiger charge is -2.24. The normalized spacial score (nSPS) is 11.6. The van der Waals surface area contributed by atoms with Crippen molar-refractivity contribution in [2.75, 3.05) is 39.7 Å². The molecule has 136 valence electrons. The SMILES string of the molecule is CO[Si](CCCNCC(=O)Nc1cccc2cccnc12)(OC)OC. The van der Waals surface area contributed by atoms with Crippen LogP contribution in [0.5, 0.6) is 0 Å². The van der Waals surface area contributed by atoms with E-state index in [-0.39, 0.29) is 12.5 Å². The molecule has 0 fully saturated rings. The van der Waals surface area contributed by atoms with Gasteiger partial charge in [0.15, 0.2) is 0 Å². The van der Waals surface area contributed by atoms with Crippen molar-refractivity contribution in [3.63, 3.8) is 0 Å². The van der Waals surface area contributed by atoms with Gasteiger partial charge in [-0.1, -0.05) is 18.2 Å². The summed E-state index contributed by atoms with van der Waals surface area (Å²) in [6, 6.07) is 10.2. The van der Waals surface area contributed by atoms with Gasteiger partial charge in [-0.3, -0.25) is 9.78 Å². The molecule has 1 heterocycles. The van der Waals surface area contributed by atoms with Gasteiger partial charge in [0, 0.05) is 39.0 Å². The number of carbonyl (C=O) groups excluding carboxylic acids is 1. The first-order chi connectivity index (χ1) is 12.1. The fraction of sp³-hybridized carbons (Fsp3) is 0.412. The molecule has 0 radical (unpaired) electrons. The van der Waals surface area contributed by atoms with Crippen LogP contribution in [-0.4, -0.2) is 54.1 Å². The molecule has 2 aromatic rings. The van der Waals surface area contributed by atoms with Crippen molar-refractivity contribution in [3.05, 3.63) is 36.5 Å². The number of para-hydroxylation sites is 1. The predicted octanol–water partition coefficient (Wildman–Crippen LogP) is 2.03. The Balaban J connectivity index is 1.77. The molecular formula is C17H25N3O4Si. The van der Waals surface area contributed by atoms with E-state index in [9.17, 15) is 4.79 Å². The van der Waals surface area contributed by atoms with Crippen LogP contribution >= 0.6 is 0 Å². The molecule has 0 bridgehead atoms. The Morgan fingerprint density at radius 1 is 1.12 bits per heavy atom. The third-order valence-corrected chi connectivity index (χ3v) is 6.79. The van der Waals surface area contributed by atoms with E-state index in [1.807, 2.05) is 30.3 Å². The first-order valence-corrected chi connectivity index (χ1v) is 10.1. The third kappa shape index (κ3) is 5.31. The highest BCUT2D eigenvalue weighted by atomic mass is 28.4. The second-order valence-corrected chi connectivity index (χ2v) is 8.60. The van der Waals surface area contributed by atoms with Crippen molar-refractivity contribution >= 4 is 31.3 Å². The molecule has 0 unspecified atom stereocenters. The van der Waals surface area contributed by atoms with E-state index in [0.717, 1.165) is 23.0 Å². The summed E-state index contributed by atoms with van der Waals surface area (Å²) < 4.78 is 16.1. The van der Waals surface area contributed by atoms with Gasteiger partial charge in [0.05, 0.1) is 17.7 Å². The summed E-state index contributed by atoms with van der Waals surface area (Å²) in [6.45, 7) is 0.900. The summed E-state index contributed by atoms with van der Waals surface area (Å²) >= 11 is 0. The number of nitrogens with one attached hydrogen (secondary N) is 2. The molecule has 0 saturated carbocycles. The first-order valence-electron chi connectivity index (χ1n) is 8.14. The second-order valence-electron chi connectivity index (χ2n) is 5.50. The molecule has 0 aliphatic heterocycles. The summed E-state index contributed by atoms with van der Waals surface area (Å²) in [5.41, 5.74) is 1.50. The smallest absolute Gasteiger partial charge is 0.377 e. The maximum atomic E-state index is 12.1. The highest BCUT2D eigenvalue weighted by Gasteiger charge is 2.36. The number of rotatable bonds is 10. The molecule has 1 aromatic carbocycles. The summed E-state index contributed by atoms with van der Waals surface area (Å²) in [7, 11) is 2.25. The minimum absolute atomic E-state index is 0.105. The number of aromatic nitrogens is 1. The zero-order valence-electron chi connectivity index (χ0n) is 14.9. The van der Waals surface area contributed by atoms with Crippen molar-refractivity contribution < 1.29 is 18.1 Å². The molecule has 2 rings (SSSR count). The number of hydrogen-bond acceptors (Lipinski definition) is 6. The van der Waals surface area contributed by atoms with Crippen LogP contribution in [0.15, 0.2) is 36.5 Å². The van der Waals surface area contributed by atoms with Gasteiger partial charge >= 0.3 is 8.80 Å². The number of fused-ring (bicyclic) bond motifs is 1. The number of amides is 1. The minimum Gasteiger partial charge on any atom is -0.377 e. The lowest BCUT2D eigenvalue weighted by molar-refractivity contribution is -0.115. The van der Waals surface area contributed by atoms with Crippen molar-refractivity contribution in [1.29, 1.82) is 0 Å². The topological polar surface area (TPSA) is 81.7 Å². The summed E-state index contributed by atoms with van der Waals surface area (Å²) in [5.74, 6) is -0.105. The number of pyridine rings is 1. The van der Waals surface area contributed by atoms with Crippen LogP contribution in [0.4, 0.5) is 5.69 Å². The molecule has 0 aliphatic rings. The summed E-state index contributed by atoms with van der Waals surface area (Å²) in [5, 5.41) is 7.01. The van der Waals surface area contributed by atoms with Gasteiger partial charge in [-0.15, -0.1) is 0 Å². The van der Waals surface area contributed by atoms with Crippen LogP contribution in [0.2, 0.25) is 6.04 Å². The van der Waals surface area contributed by atoms with Gasteiger partial charge in [0.25, 0.3) is 0 Å². The Morgan fingerprint density at radius 3 is 2.56 bits per heavy atom. The molecular weight excluding hydrogens is 338 g/mol. The van der Waals surface area contributed by atoms with Crippen LogP contribution in [0.1, 0.15) is 6.42 Å². The highest BCUT2D eigenvalue weighted by molar-refractivity contribution is 6.60. The predicted molar refractivity (Wildman–Crippen MR) is 99.4 cm³/mol. The molecule has 0 atom stereocenters. The lowest BCUT2D eigenvalue weighted by atomic mass is 10.2. The highest BCUT2D eigenvalue weighted by Crippen LogP contribution is 2.20. The molecule has 0 spiro atoms. The fourth-order valence-electron chi connectivity index (χ4n) is 2.59. The van der Waals surface area contributed by atoms with E-state index in [4.69, 9.17) is 13.3 Å². The largest absolute Gasteiger partial charge is 0.500 e. The number of hydrogen-bond donors (Lipinski definition) is 2. The van der Waals surface area contributed by atoms with Crippen LogP contribution < -0.4 is 10.6 Å². The quantitative estimate of drug-likeness (QED) is 0.497. The molecule has 25 heavy (non-hydrogen) atoms. The van der Waals surface area contributed by atoms with E-state index >= 15 is 0 Å². The Kier molecular flexibility index (Phi) is 7.47. The average molecular weight is 363 g/mol. The molecule has 7 nitrogen and oxygen atoms in total. The van der Waals surface area contributed by atoms with E-state index in [1.54, 1.807) is 27.5 Å². The molecule has 1 amide bonds. The van der Waals surface area contributed by atoms with Crippen molar-refractivity contribution in [2.45, 2.75) is 12.5 Å². The summed E-state index contributed by atoms with van der Waals surface area (Å²) in [6.07, 6.45) is 2.51. The van der Waals surface area contributed by atoms with E-state index in [2.05, 4.69) is 15.6 Å². The van der Waals surface area contributed by atoms with Gasteiger partial charge in [0.1, 0.15) is 0 Å². The number of anilines is 1. The Morgan fingerprint density at radius 2 is 1.84 bits per heavy atom. The van der Waals surface area contributed by atoms with E-state index in [0.29, 0.717) is 12.6 Å². The molecule has 0 saturated heterocycles. The van der Waals surface area contributed by atoms with E-state index in [1.165, 1.54) is 0 Å². The molecule has 2 N–H and O–H groups in total. The minimum atomic E-state index is -2.53. The van der Waals surface area contributed by atoms with Crippen LogP contribution in [-0.2, 0) is 18.1 Å². The zero-order chi connectivity index (χ0) is 18.1. The molecule has 8 heteroatoms. The number of nitrogens with zero attached hydrogens (tertiary/aromatic N) is 1. The van der Waals surface area contributed by atoms with Crippen LogP contribution in [0.3, 0.4) is 0 Å². The van der Waals surface area contributed by atoms with Gasteiger partial charge in [-0.25, -0.2) is 0 Å². The van der Waals surface area contributed by atoms with Crippen LogP contribution in [0.25, 0.3) is 10.9 Å². The average Bonchev–Trinajstić information content (AvgIpc) is 2.65.